The number of carbonyl (C=O) groups is 3. The molecule has 1 aliphatic carbocycles. The van der Waals surface area contributed by atoms with Gasteiger partial charge in [-0.3, -0.25) is 9.59 Å². The molecule has 1 saturated carbocycles. The fraction of sp³-hybridized carbons (Fsp3) is 0.621. The van der Waals surface area contributed by atoms with E-state index in [9.17, 15) is 23.2 Å². The van der Waals surface area contributed by atoms with Gasteiger partial charge >= 0.3 is 6.09 Å². The van der Waals surface area contributed by atoms with Gasteiger partial charge in [0.25, 0.3) is 5.92 Å². The lowest BCUT2D eigenvalue weighted by atomic mass is 9.85. The number of ether oxygens (including phenoxy) is 1. The van der Waals surface area contributed by atoms with Crippen molar-refractivity contribution in [2.24, 2.45) is 0 Å². The van der Waals surface area contributed by atoms with Crippen LogP contribution in [0.5, 0.6) is 0 Å². The Morgan fingerprint density at radius 1 is 1.22 bits per heavy atom. The van der Waals surface area contributed by atoms with Crippen molar-refractivity contribution in [1.82, 2.24) is 25.3 Å². The summed E-state index contributed by atoms with van der Waals surface area (Å²) in [6.45, 7) is 4.35. The molecule has 2 aromatic rings. The van der Waals surface area contributed by atoms with E-state index >= 15 is 0 Å². The average Bonchev–Trinajstić information content (AvgIpc) is 3.32. The van der Waals surface area contributed by atoms with Crippen LogP contribution in [0.2, 0.25) is 0 Å². The van der Waals surface area contributed by atoms with Crippen LogP contribution < -0.4 is 5.32 Å². The molecule has 1 aromatic carbocycles. The van der Waals surface area contributed by atoms with E-state index in [0.717, 1.165) is 35.3 Å². The summed E-state index contributed by atoms with van der Waals surface area (Å²) >= 11 is 0. The Labute approximate surface area is 237 Å². The molecule has 5 rings (SSSR count). The Morgan fingerprint density at radius 2 is 1.95 bits per heavy atom. The van der Waals surface area contributed by atoms with Crippen molar-refractivity contribution in [2.45, 2.75) is 102 Å². The highest BCUT2D eigenvalue weighted by Crippen LogP contribution is 2.37. The summed E-state index contributed by atoms with van der Waals surface area (Å²) in [6, 6.07) is 6.31. The topological polar surface area (TPSA) is 118 Å². The van der Waals surface area contributed by atoms with Crippen LogP contribution in [0.1, 0.15) is 94.1 Å². The van der Waals surface area contributed by atoms with Gasteiger partial charge in [-0.2, -0.15) is 4.98 Å². The molecule has 0 unspecified atom stereocenters. The number of hydrogen-bond acceptors (Lipinski definition) is 7. The molecular weight excluding hydrogens is 536 g/mol. The first-order chi connectivity index (χ1) is 19.4. The number of alkyl carbamates (subject to hydrolysis) is 1. The van der Waals surface area contributed by atoms with Gasteiger partial charge in [0.05, 0.1) is 12.6 Å². The quantitative estimate of drug-likeness (QED) is 0.518. The number of likely N-dealkylation sites (tertiary alicyclic amines) is 1. The smallest absolute Gasteiger partial charge is 0.407 e. The number of aromatic nitrogens is 2. The molecule has 2 aliphatic heterocycles. The van der Waals surface area contributed by atoms with Crippen LogP contribution in [0.3, 0.4) is 0 Å². The number of piperidine rings is 1. The number of amides is 3. The van der Waals surface area contributed by atoms with E-state index in [2.05, 4.69) is 15.5 Å². The molecule has 3 heterocycles. The molecule has 3 aliphatic rings. The third-order valence-corrected chi connectivity index (χ3v) is 7.84. The van der Waals surface area contributed by atoms with E-state index in [-0.39, 0.29) is 37.8 Å². The van der Waals surface area contributed by atoms with Crippen LogP contribution in [-0.4, -0.2) is 68.5 Å². The first-order valence-electron chi connectivity index (χ1n) is 14.2. The van der Waals surface area contributed by atoms with Crippen LogP contribution in [0.25, 0.3) is 0 Å². The molecule has 10 nitrogen and oxygen atoms in total. The number of alkyl halides is 2. The molecule has 0 spiro atoms. The molecule has 1 saturated heterocycles. The van der Waals surface area contributed by atoms with Gasteiger partial charge in [0.15, 0.2) is 5.82 Å². The van der Waals surface area contributed by atoms with Crippen molar-refractivity contribution < 1.29 is 32.4 Å². The number of halogens is 2. The summed E-state index contributed by atoms with van der Waals surface area (Å²) in [4.78, 5) is 46.4. The molecular formula is C29H37F2N5O5. The van der Waals surface area contributed by atoms with Gasteiger partial charge in [-0.15, -0.1) is 0 Å². The number of fused-ring (bicyclic) bond motifs is 1. The first kappa shape index (κ1) is 28.9. The lowest BCUT2D eigenvalue weighted by Crippen LogP contribution is -2.54. The number of benzene rings is 1. The highest BCUT2D eigenvalue weighted by Gasteiger charge is 2.41. The maximum Gasteiger partial charge on any atom is 0.407 e. The molecule has 3 amide bonds. The molecule has 2 fully saturated rings. The van der Waals surface area contributed by atoms with E-state index < -0.39 is 48.6 Å². The van der Waals surface area contributed by atoms with Gasteiger partial charge < -0.3 is 24.4 Å². The average molecular weight is 574 g/mol. The van der Waals surface area contributed by atoms with Crippen LogP contribution >= 0.6 is 0 Å². The van der Waals surface area contributed by atoms with Crippen LogP contribution in [0.4, 0.5) is 13.6 Å². The van der Waals surface area contributed by atoms with E-state index in [4.69, 9.17) is 9.26 Å². The second kappa shape index (κ2) is 11.4. The fourth-order valence-corrected chi connectivity index (χ4v) is 5.51. The van der Waals surface area contributed by atoms with Gasteiger partial charge in [-0.05, 0) is 44.7 Å². The standard InChI is InChI=1S/C29H37F2N5O5/c1-28(2,3)40-27(39)32-21(16-35-17-29(30,31)12-11-23(35)37)14-24(38)36-15-20-8-5-4-7-19(20)13-22(36)26-33-25(34-41-26)18-9-6-10-18/h4-5,7-8,18,21-22H,6,9-17H2,1-3H3,(H,32,39)/t21-,22-/m0/s1. The van der Waals surface area contributed by atoms with Crippen molar-refractivity contribution >= 4 is 17.9 Å². The van der Waals surface area contributed by atoms with Gasteiger partial charge in [0.1, 0.15) is 11.6 Å². The fourth-order valence-electron chi connectivity index (χ4n) is 5.51. The van der Waals surface area contributed by atoms with Gasteiger partial charge in [-0.1, -0.05) is 35.8 Å². The molecule has 0 radical (unpaired) electrons. The van der Waals surface area contributed by atoms with E-state index in [1.54, 1.807) is 25.7 Å². The SMILES string of the molecule is CC(C)(C)OC(=O)N[C@@H](CC(=O)N1Cc2ccccc2C[C@H]1c1nc(C2CCC2)no1)CN1CC(F)(F)CCC1=O. The maximum absolute atomic E-state index is 14.2. The minimum absolute atomic E-state index is 0.239. The summed E-state index contributed by atoms with van der Waals surface area (Å²) in [6.07, 6.45) is 1.73. The zero-order chi connectivity index (χ0) is 29.4. The lowest BCUT2D eigenvalue weighted by Gasteiger charge is -2.37. The maximum atomic E-state index is 14.2. The summed E-state index contributed by atoms with van der Waals surface area (Å²) in [7, 11) is 0. The highest BCUT2D eigenvalue weighted by atomic mass is 19.3. The zero-order valence-electron chi connectivity index (χ0n) is 23.7. The monoisotopic (exact) mass is 573 g/mol. The summed E-state index contributed by atoms with van der Waals surface area (Å²) in [5.41, 5.74) is 1.22. The second-order valence-electron chi connectivity index (χ2n) is 12.3. The van der Waals surface area contributed by atoms with Crippen molar-refractivity contribution in [1.29, 1.82) is 0 Å². The number of carbonyl (C=O) groups excluding carboxylic acids is 3. The third kappa shape index (κ3) is 7.02. The Morgan fingerprint density at radius 3 is 2.63 bits per heavy atom. The Kier molecular flexibility index (Phi) is 8.02. The summed E-state index contributed by atoms with van der Waals surface area (Å²) < 4.78 is 39.4. The molecule has 0 bridgehead atoms. The lowest BCUT2D eigenvalue weighted by molar-refractivity contribution is -0.148. The van der Waals surface area contributed by atoms with Gasteiger partial charge in [0, 0.05) is 44.7 Å². The molecule has 2 atom stereocenters. The molecule has 1 aromatic heterocycles. The zero-order valence-corrected chi connectivity index (χ0v) is 23.7. The molecule has 222 valence electrons. The summed E-state index contributed by atoms with van der Waals surface area (Å²) in [5, 5.41) is 6.83. The normalized spacial score (nSPS) is 21.6. The van der Waals surface area contributed by atoms with Crippen LogP contribution in [0.15, 0.2) is 28.8 Å². The largest absolute Gasteiger partial charge is 0.444 e. The van der Waals surface area contributed by atoms with Crippen molar-refractivity contribution in [3.05, 3.63) is 47.1 Å². The Hall–Kier alpha value is -3.57. The highest BCUT2D eigenvalue weighted by molar-refractivity contribution is 5.80. The van der Waals surface area contributed by atoms with E-state index in [1.165, 1.54) is 0 Å². The van der Waals surface area contributed by atoms with Crippen LogP contribution in [0, 0.1) is 0 Å². The van der Waals surface area contributed by atoms with Gasteiger partial charge in [-0.25, -0.2) is 13.6 Å². The number of hydrogen-bond donors (Lipinski definition) is 1. The summed E-state index contributed by atoms with van der Waals surface area (Å²) in [5.74, 6) is -2.57. The predicted molar refractivity (Wildman–Crippen MR) is 143 cm³/mol. The number of rotatable bonds is 7. The van der Waals surface area contributed by atoms with E-state index in [0.29, 0.717) is 18.1 Å². The first-order valence-corrected chi connectivity index (χ1v) is 14.2. The van der Waals surface area contributed by atoms with Crippen molar-refractivity contribution in [3.63, 3.8) is 0 Å². The molecule has 12 heteroatoms. The predicted octanol–water partition coefficient (Wildman–Crippen LogP) is 4.50. The third-order valence-electron chi connectivity index (χ3n) is 7.84. The minimum atomic E-state index is -3.04. The minimum Gasteiger partial charge on any atom is -0.444 e. The molecule has 1 N–H and O–H groups in total. The van der Waals surface area contributed by atoms with Crippen molar-refractivity contribution in [2.75, 3.05) is 13.1 Å². The van der Waals surface area contributed by atoms with Crippen molar-refractivity contribution in [3.8, 4) is 0 Å². The van der Waals surface area contributed by atoms with Crippen LogP contribution in [-0.2, 0) is 27.3 Å². The van der Waals surface area contributed by atoms with Gasteiger partial charge in [0.2, 0.25) is 17.7 Å². The Bertz CT molecular complexity index is 1290. The number of nitrogens with zero attached hydrogens (tertiary/aromatic N) is 4. The second-order valence-corrected chi connectivity index (χ2v) is 12.3. The Balaban J connectivity index is 1.38. The molecule has 41 heavy (non-hydrogen) atoms. The number of nitrogens with one attached hydrogen (secondary N) is 1. The van der Waals surface area contributed by atoms with E-state index in [1.807, 2.05) is 24.3 Å².